The number of nitrogens with zero attached hydrogens (tertiary/aromatic N) is 1. The minimum Gasteiger partial charge on any atom is -0.457 e. The molecule has 9 heteroatoms. The fourth-order valence-corrected chi connectivity index (χ4v) is 6.09. The Kier molecular flexibility index (Phi) is 33.4. The second-order valence-electron chi connectivity index (χ2n) is 14.7. The maximum absolute atomic E-state index is 12.6. The number of allylic oxidation sites excluding steroid dienone is 4. The third-order valence-corrected chi connectivity index (χ3v) is 9.50. The van der Waals surface area contributed by atoms with Crippen molar-refractivity contribution in [3.63, 3.8) is 0 Å². The molecule has 49 heavy (non-hydrogen) atoms. The monoisotopic (exact) mass is 717 g/mol. The number of carbonyl (C=O) groups is 1. The van der Waals surface area contributed by atoms with Crippen LogP contribution in [0, 0.1) is 0 Å². The minimum atomic E-state index is -4.26. The molecule has 0 aromatic heterocycles. The van der Waals surface area contributed by atoms with E-state index in [9.17, 15) is 14.3 Å². The maximum atomic E-state index is 12.6. The molecule has 0 aromatic rings. The SMILES string of the molecule is CCCCC/C=C\C/C=C\CCCCCCCCCC(=O)OC(COCCCCCCCCCCCC)COP(=O)(O)OCC[N+](C)(C)C. The number of hydrogen-bond donors (Lipinski definition) is 1. The molecule has 0 spiro atoms. The third kappa shape index (κ3) is 38.1. The predicted octanol–water partition coefficient (Wildman–Crippen LogP) is 11.3. The minimum absolute atomic E-state index is 0.0884. The number of unbranched alkanes of at least 4 members (excludes halogenated alkanes) is 19. The van der Waals surface area contributed by atoms with Gasteiger partial charge in [0.25, 0.3) is 0 Å². The lowest BCUT2D eigenvalue weighted by Crippen LogP contribution is -2.37. The van der Waals surface area contributed by atoms with Gasteiger partial charge in [-0.05, 0) is 44.9 Å². The van der Waals surface area contributed by atoms with Gasteiger partial charge in [-0.1, -0.05) is 141 Å². The highest BCUT2D eigenvalue weighted by molar-refractivity contribution is 7.47. The normalized spacial score (nSPS) is 14.2. The number of rotatable bonds is 37. The third-order valence-electron chi connectivity index (χ3n) is 8.52. The zero-order valence-corrected chi connectivity index (χ0v) is 33.6. The molecule has 0 amide bonds. The Hall–Kier alpha value is -1.02. The molecular weight excluding hydrogens is 637 g/mol. The summed E-state index contributed by atoms with van der Waals surface area (Å²) in [6.45, 7) is 5.59. The number of likely N-dealkylation sites (N-methyl/N-ethyl adjacent to an activating group) is 1. The lowest BCUT2D eigenvalue weighted by atomic mass is 10.1. The van der Waals surface area contributed by atoms with Crippen LogP contribution in [0.2, 0.25) is 0 Å². The molecule has 0 bridgehead atoms. The van der Waals surface area contributed by atoms with Gasteiger partial charge in [0.1, 0.15) is 19.3 Å². The summed E-state index contributed by atoms with van der Waals surface area (Å²) in [7, 11) is 1.66. The first-order valence-electron chi connectivity index (χ1n) is 20.1. The van der Waals surface area contributed by atoms with E-state index in [0.29, 0.717) is 24.1 Å². The molecule has 0 rings (SSSR count). The molecule has 0 fully saturated rings. The molecule has 0 saturated carbocycles. The van der Waals surface area contributed by atoms with Crippen molar-refractivity contribution in [2.75, 3.05) is 54.1 Å². The number of carbonyl (C=O) groups excluding carboxylic acids is 1. The van der Waals surface area contributed by atoms with Crippen molar-refractivity contribution < 1.29 is 37.3 Å². The number of esters is 1. The number of hydrogen-bond acceptors (Lipinski definition) is 6. The van der Waals surface area contributed by atoms with Gasteiger partial charge < -0.3 is 18.9 Å². The van der Waals surface area contributed by atoms with Crippen molar-refractivity contribution in [2.45, 2.75) is 174 Å². The summed E-state index contributed by atoms with van der Waals surface area (Å²) in [5, 5.41) is 0. The predicted molar refractivity (Wildman–Crippen MR) is 206 cm³/mol. The van der Waals surface area contributed by atoms with E-state index in [1.54, 1.807) is 0 Å². The Balaban J connectivity index is 4.25. The van der Waals surface area contributed by atoms with Crippen LogP contribution < -0.4 is 0 Å². The summed E-state index contributed by atoms with van der Waals surface area (Å²) in [5.41, 5.74) is 0. The molecular formula is C40H79NO7P+. The molecule has 2 atom stereocenters. The number of phosphoric ester groups is 1. The van der Waals surface area contributed by atoms with Crippen molar-refractivity contribution in [2.24, 2.45) is 0 Å². The quantitative estimate of drug-likeness (QED) is 0.0225. The molecule has 8 nitrogen and oxygen atoms in total. The second-order valence-corrected chi connectivity index (χ2v) is 16.1. The number of phosphoric acid groups is 1. The standard InChI is InChI=1S/C40H78NO7P/c1-6-8-10-12-14-16-18-19-20-21-22-23-24-25-27-29-31-33-40(42)48-39(38-47-49(43,44)46-36-34-41(3,4)5)37-45-35-32-30-28-26-17-15-13-11-9-7-2/h14,16,19-20,39H,6-13,15,17-18,21-38H2,1-5H3/p+1/b16-14-,20-19-. The summed E-state index contributed by atoms with van der Waals surface area (Å²) in [6.07, 6.45) is 36.3. The van der Waals surface area contributed by atoms with Crippen molar-refractivity contribution in [1.29, 1.82) is 0 Å². The Morgan fingerprint density at radius 2 is 1.12 bits per heavy atom. The molecule has 0 radical (unpaired) electrons. The van der Waals surface area contributed by atoms with Gasteiger partial charge in [-0.3, -0.25) is 13.8 Å². The molecule has 290 valence electrons. The van der Waals surface area contributed by atoms with Gasteiger partial charge >= 0.3 is 13.8 Å². The molecule has 0 heterocycles. The molecule has 0 aliphatic carbocycles. The van der Waals surface area contributed by atoms with Crippen LogP contribution >= 0.6 is 7.82 Å². The summed E-state index contributed by atoms with van der Waals surface area (Å²) in [6, 6.07) is 0. The number of quaternary nitrogens is 1. The van der Waals surface area contributed by atoms with Gasteiger partial charge in [0.2, 0.25) is 0 Å². The van der Waals surface area contributed by atoms with Gasteiger partial charge in [0.05, 0.1) is 34.4 Å². The first kappa shape index (κ1) is 48.0. The summed E-state index contributed by atoms with van der Waals surface area (Å²) in [5.74, 6) is -0.322. The first-order valence-corrected chi connectivity index (χ1v) is 21.6. The Morgan fingerprint density at radius 1 is 0.633 bits per heavy atom. The summed E-state index contributed by atoms with van der Waals surface area (Å²) < 4.78 is 34.8. The average Bonchev–Trinajstić information content (AvgIpc) is 3.04. The number of ether oxygens (including phenoxy) is 2. The largest absolute Gasteiger partial charge is 0.472 e. The van der Waals surface area contributed by atoms with Gasteiger partial charge in [-0.2, -0.15) is 0 Å². The van der Waals surface area contributed by atoms with Gasteiger partial charge in [-0.25, -0.2) is 4.57 Å². The van der Waals surface area contributed by atoms with Crippen molar-refractivity contribution in [3.05, 3.63) is 24.3 Å². The Bertz CT molecular complexity index is 843. The lowest BCUT2D eigenvalue weighted by molar-refractivity contribution is -0.870. The van der Waals surface area contributed by atoms with Gasteiger partial charge in [0, 0.05) is 13.0 Å². The first-order chi connectivity index (χ1) is 23.6. The molecule has 0 aliphatic heterocycles. The van der Waals surface area contributed by atoms with Crippen LogP contribution in [-0.4, -0.2) is 75.6 Å². The molecule has 0 aliphatic rings. The van der Waals surface area contributed by atoms with Crippen LogP contribution in [0.25, 0.3) is 0 Å². The van der Waals surface area contributed by atoms with Crippen LogP contribution in [0.15, 0.2) is 24.3 Å². The highest BCUT2D eigenvalue weighted by Crippen LogP contribution is 2.43. The molecule has 2 unspecified atom stereocenters. The van der Waals surface area contributed by atoms with Crippen molar-refractivity contribution in [3.8, 4) is 0 Å². The van der Waals surface area contributed by atoms with E-state index in [-0.39, 0.29) is 25.8 Å². The molecule has 0 saturated heterocycles. The Morgan fingerprint density at radius 3 is 1.69 bits per heavy atom. The highest BCUT2D eigenvalue weighted by Gasteiger charge is 2.26. The Labute approximate surface area is 303 Å². The highest BCUT2D eigenvalue weighted by atomic mass is 31.2. The maximum Gasteiger partial charge on any atom is 0.472 e. The average molecular weight is 717 g/mol. The van der Waals surface area contributed by atoms with E-state index in [0.717, 1.165) is 44.9 Å². The van der Waals surface area contributed by atoms with Crippen molar-refractivity contribution >= 4 is 13.8 Å². The van der Waals surface area contributed by atoms with Crippen LogP contribution in [-0.2, 0) is 27.9 Å². The summed E-state index contributed by atoms with van der Waals surface area (Å²) >= 11 is 0. The zero-order valence-electron chi connectivity index (χ0n) is 32.7. The molecule has 1 N–H and O–H groups in total. The van der Waals surface area contributed by atoms with E-state index in [2.05, 4.69) is 38.2 Å². The lowest BCUT2D eigenvalue weighted by Gasteiger charge is -2.24. The molecule has 0 aromatic carbocycles. The zero-order chi connectivity index (χ0) is 36.3. The van der Waals surface area contributed by atoms with Crippen LogP contribution in [0.1, 0.15) is 168 Å². The second kappa shape index (κ2) is 34.1. The van der Waals surface area contributed by atoms with Crippen LogP contribution in [0.5, 0.6) is 0 Å². The topological polar surface area (TPSA) is 91.3 Å². The van der Waals surface area contributed by atoms with E-state index in [1.807, 2.05) is 21.1 Å². The van der Waals surface area contributed by atoms with Gasteiger partial charge in [0.15, 0.2) is 0 Å². The van der Waals surface area contributed by atoms with Crippen LogP contribution in [0.4, 0.5) is 0 Å². The smallest absolute Gasteiger partial charge is 0.457 e. The summed E-state index contributed by atoms with van der Waals surface area (Å²) in [4.78, 5) is 22.8. The van der Waals surface area contributed by atoms with Crippen molar-refractivity contribution in [1.82, 2.24) is 0 Å². The fourth-order valence-electron chi connectivity index (χ4n) is 5.35. The van der Waals surface area contributed by atoms with E-state index >= 15 is 0 Å². The van der Waals surface area contributed by atoms with Crippen LogP contribution in [0.3, 0.4) is 0 Å². The van der Waals surface area contributed by atoms with Gasteiger partial charge in [-0.15, -0.1) is 0 Å². The van der Waals surface area contributed by atoms with E-state index in [4.69, 9.17) is 18.5 Å². The fraction of sp³-hybridized carbons (Fsp3) is 0.875. The van der Waals surface area contributed by atoms with E-state index in [1.165, 1.54) is 103 Å². The van der Waals surface area contributed by atoms with E-state index < -0.39 is 13.9 Å².